The van der Waals surface area contributed by atoms with Crippen molar-refractivity contribution >= 4 is 34.7 Å². The molecule has 5 nitrogen and oxygen atoms in total. The van der Waals surface area contributed by atoms with Crippen LogP contribution in [0.5, 0.6) is 0 Å². The maximum atomic E-state index is 12.4. The second kappa shape index (κ2) is 8.31. The average Bonchev–Trinajstić information content (AvgIpc) is 2.75. The van der Waals surface area contributed by atoms with Gasteiger partial charge in [-0.2, -0.15) is 0 Å². The number of benzene rings is 2. The zero-order valence-electron chi connectivity index (χ0n) is 15.4. The normalized spacial score (nSPS) is 14.0. The maximum Gasteiger partial charge on any atom is 0.257 e. The number of hydrogen-bond acceptors (Lipinski definition) is 4. The molecule has 0 radical (unpaired) electrons. The Hall–Kier alpha value is -3.05. The van der Waals surface area contributed by atoms with Crippen LogP contribution >= 0.6 is 11.6 Å². The van der Waals surface area contributed by atoms with Crippen LogP contribution in [0.25, 0.3) is 0 Å². The van der Waals surface area contributed by atoms with E-state index in [0.717, 1.165) is 43.4 Å². The summed E-state index contributed by atoms with van der Waals surface area (Å²) in [5.41, 5.74) is 2.37. The molecule has 4 rings (SSSR count). The van der Waals surface area contributed by atoms with Crippen LogP contribution in [-0.4, -0.2) is 37.1 Å². The van der Waals surface area contributed by atoms with E-state index < -0.39 is 0 Å². The molecule has 1 N–H and O–H groups in total. The second-order valence-corrected chi connectivity index (χ2v) is 7.05. The Bertz CT molecular complexity index is 938. The Morgan fingerprint density at radius 3 is 2.21 bits per heavy atom. The van der Waals surface area contributed by atoms with Gasteiger partial charge in [0, 0.05) is 43.8 Å². The van der Waals surface area contributed by atoms with Crippen LogP contribution in [0.15, 0.2) is 72.9 Å². The molecule has 1 fully saturated rings. The first-order valence-electron chi connectivity index (χ1n) is 9.27. The Morgan fingerprint density at radius 1 is 0.857 bits per heavy atom. The van der Waals surface area contributed by atoms with Crippen LogP contribution in [0.2, 0.25) is 5.02 Å². The third kappa shape index (κ3) is 4.10. The molecule has 1 amide bonds. The number of pyridine rings is 1. The van der Waals surface area contributed by atoms with Gasteiger partial charge < -0.3 is 15.1 Å². The van der Waals surface area contributed by atoms with Crippen LogP contribution in [0.4, 0.5) is 17.2 Å². The molecular formula is C22H21ClN4O. The molecule has 0 bridgehead atoms. The standard InChI is InChI=1S/C22H21ClN4O/c23-20-6-2-1-5-19(20)22(28)25-17-8-10-18(11-9-17)26-13-15-27(16-14-26)21-7-3-4-12-24-21/h1-12H,13-16H2,(H,25,28). The first-order chi connectivity index (χ1) is 13.7. The van der Waals surface area contributed by atoms with E-state index in [1.807, 2.05) is 54.7 Å². The lowest BCUT2D eigenvalue weighted by Gasteiger charge is -2.36. The topological polar surface area (TPSA) is 48.5 Å². The third-order valence-electron chi connectivity index (χ3n) is 4.86. The highest BCUT2D eigenvalue weighted by Crippen LogP contribution is 2.22. The molecule has 0 atom stereocenters. The number of nitrogens with zero attached hydrogens (tertiary/aromatic N) is 3. The summed E-state index contributed by atoms with van der Waals surface area (Å²) >= 11 is 6.09. The highest BCUT2D eigenvalue weighted by atomic mass is 35.5. The van der Waals surface area contributed by atoms with Crippen molar-refractivity contribution in [2.45, 2.75) is 0 Å². The van der Waals surface area contributed by atoms with Crippen LogP contribution in [0.1, 0.15) is 10.4 Å². The first-order valence-corrected chi connectivity index (χ1v) is 9.65. The smallest absolute Gasteiger partial charge is 0.257 e. The number of aromatic nitrogens is 1. The lowest BCUT2D eigenvalue weighted by molar-refractivity contribution is 0.102. The molecule has 1 aliphatic heterocycles. The third-order valence-corrected chi connectivity index (χ3v) is 5.19. The van der Waals surface area contributed by atoms with E-state index in [1.165, 1.54) is 0 Å². The fourth-order valence-electron chi connectivity index (χ4n) is 3.33. The van der Waals surface area contributed by atoms with Gasteiger partial charge in [0.2, 0.25) is 0 Å². The van der Waals surface area contributed by atoms with E-state index >= 15 is 0 Å². The van der Waals surface area contributed by atoms with Crippen molar-refractivity contribution in [2.24, 2.45) is 0 Å². The molecule has 0 saturated carbocycles. The van der Waals surface area contributed by atoms with Crippen LogP contribution in [0.3, 0.4) is 0 Å². The van der Waals surface area contributed by atoms with Gasteiger partial charge in [-0.05, 0) is 48.5 Å². The predicted molar refractivity (Wildman–Crippen MR) is 115 cm³/mol. The van der Waals surface area contributed by atoms with Gasteiger partial charge in [0.25, 0.3) is 5.91 Å². The largest absolute Gasteiger partial charge is 0.368 e. The molecule has 1 aliphatic rings. The van der Waals surface area contributed by atoms with Crippen molar-refractivity contribution in [1.82, 2.24) is 4.98 Å². The van der Waals surface area contributed by atoms with Gasteiger partial charge in [0.05, 0.1) is 10.6 Å². The van der Waals surface area contributed by atoms with Gasteiger partial charge in [-0.25, -0.2) is 4.98 Å². The Kier molecular flexibility index (Phi) is 5.44. The van der Waals surface area contributed by atoms with E-state index in [4.69, 9.17) is 11.6 Å². The van der Waals surface area contributed by atoms with Gasteiger partial charge in [0.1, 0.15) is 5.82 Å². The zero-order valence-corrected chi connectivity index (χ0v) is 16.1. The van der Waals surface area contributed by atoms with Gasteiger partial charge >= 0.3 is 0 Å². The lowest BCUT2D eigenvalue weighted by Crippen LogP contribution is -2.46. The summed E-state index contributed by atoms with van der Waals surface area (Å²) in [7, 11) is 0. The maximum absolute atomic E-state index is 12.4. The minimum atomic E-state index is -0.206. The SMILES string of the molecule is O=C(Nc1ccc(N2CCN(c3ccccn3)CC2)cc1)c1ccccc1Cl. The van der Waals surface area contributed by atoms with Crippen LogP contribution < -0.4 is 15.1 Å². The minimum absolute atomic E-state index is 0.206. The molecule has 0 unspecified atom stereocenters. The molecule has 2 heterocycles. The summed E-state index contributed by atoms with van der Waals surface area (Å²) in [4.78, 5) is 21.4. The molecular weight excluding hydrogens is 372 g/mol. The molecule has 6 heteroatoms. The number of halogens is 1. The average molecular weight is 393 g/mol. The van der Waals surface area contributed by atoms with Crippen molar-refractivity contribution in [3.05, 3.63) is 83.5 Å². The predicted octanol–water partition coefficient (Wildman–Crippen LogP) is 4.31. The number of carbonyl (C=O) groups excluding carboxylic acids is 1. The molecule has 3 aromatic rings. The second-order valence-electron chi connectivity index (χ2n) is 6.64. The van der Waals surface area contributed by atoms with Crippen molar-refractivity contribution < 1.29 is 4.79 Å². The van der Waals surface area contributed by atoms with Crippen LogP contribution in [0, 0.1) is 0 Å². The van der Waals surface area contributed by atoms with E-state index in [0.29, 0.717) is 10.6 Å². The number of carbonyl (C=O) groups is 1. The molecule has 142 valence electrons. The summed E-state index contributed by atoms with van der Waals surface area (Å²) in [6.07, 6.45) is 1.83. The zero-order chi connectivity index (χ0) is 19.3. The summed E-state index contributed by atoms with van der Waals surface area (Å²) in [6.45, 7) is 3.73. The van der Waals surface area contributed by atoms with Crippen molar-refractivity contribution in [3.8, 4) is 0 Å². The Morgan fingerprint density at radius 2 is 1.54 bits per heavy atom. The fraction of sp³-hybridized carbons (Fsp3) is 0.182. The van der Waals surface area contributed by atoms with Gasteiger partial charge in [-0.1, -0.05) is 29.8 Å². The van der Waals surface area contributed by atoms with E-state index in [-0.39, 0.29) is 5.91 Å². The number of anilines is 3. The molecule has 0 spiro atoms. The number of rotatable bonds is 4. The van der Waals surface area contributed by atoms with Gasteiger partial charge in [0.15, 0.2) is 0 Å². The van der Waals surface area contributed by atoms with Gasteiger partial charge in [-0.15, -0.1) is 0 Å². The van der Waals surface area contributed by atoms with E-state index in [1.54, 1.807) is 18.2 Å². The first kappa shape index (κ1) is 18.3. The number of piperazine rings is 1. The number of amides is 1. The Labute approximate surface area is 169 Å². The summed E-state index contributed by atoms with van der Waals surface area (Å²) in [6, 6.07) is 21.0. The van der Waals surface area contributed by atoms with E-state index in [9.17, 15) is 4.79 Å². The summed E-state index contributed by atoms with van der Waals surface area (Å²) in [5, 5.41) is 3.35. The number of hydrogen-bond donors (Lipinski definition) is 1. The molecule has 2 aromatic carbocycles. The monoisotopic (exact) mass is 392 g/mol. The molecule has 28 heavy (non-hydrogen) atoms. The Balaban J connectivity index is 1.36. The summed E-state index contributed by atoms with van der Waals surface area (Å²) < 4.78 is 0. The van der Waals surface area contributed by atoms with Gasteiger partial charge in [-0.3, -0.25) is 4.79 Å². The number of nitrogens with one attached hydrogen (secondary N) is 1. The highest BCUT2D eigenvalue weighted by molar-refractivity contribution is 6.34. The van der Waals surface area contributed by atoms with E-state index in [2.05, 4.69) is 20.1 Å². The van der Waals surface area contributed by atoms with Crippen molar-refractivity contribution in [2.75, 3.05) is 41.3 Å². The van der Waals surface area contributed by atoms with Crippen LogP contribution in [-0.2, 0) is 0 Å². The minimum Gasteiger partial charge on any atom is -0.368 e. The summed E-state index contributed by atoms with van der Waals surface area (Å²) in [5.74, 6) is 0.821. The van der Waals surface area contributed by atoms with Crippen molar-refractivity contribution in [1.29, 1.82) is 0 Å². The molecule has 0 aliphatic carbocycles. The highest BCUT2D eigenvalue weighted by Gasteiger charge is 2.18. The lowest BCUT2D eigenvalue weighted by atomic mass is 10.2. The molecule has 1 aromatic heterocycles. The quantitative estimate of drug-likeness (QED) is 0.718. The van der Waals surface area contributed by atoms with Crippen molar-refractivity contribution in [3.63, 3.8) is 0 Å². The molecule has 1 saturated heterocycles. The fourth-order valence-corrected chi connectivity index (χ4v) is 3.56.